The van der Waals surface area contributed by atoms with Gasteiger partial charge in [-0.1, -0.05) is 11.6 Å². The van der Waals surface area contributed by atoms with Crippen LogP contribution in [0.25, 0.3) is 0 Å². The number of carboxylic acids is 1. The Morgan fingerprint density at radius 3 is 2.52 bits per heavy atom. The summed E-state index contributed by atoms with van der Waals surface area (Å²) in [6, 6.07) is 2.92. The molecule has 0 fully saturated rings. The molecular weight excluding hydrogens is 313 g/mol. The average Bonchev–Trinajstić information content (AvgIpc) is 2.36. The predicted molar refractivity (Wildman–Crippen MR) is 70.7 cm³/mol. The van der Waals surface area contributed by atoms with Crippen LogP contribution in [0, 0.1) is 0 Å². The van der Waals surface area contributed by atoms with Crippen molar-refractivity contribution in [3.63, 3.8) is 0 Å². The zero-order chi connectivity index (χ0) is 16.2. The van der Waals surface area contributed by atoms with E-state index in [1.54, 1.807) is 0 Å². The molecule has 0 saturated heterocycles. The van der Waals surface area contributed by atoms with Crippen molar-refractivity contribution in [3.05, 3.63) is 28.8 Å². The molecule has 5 nitrogen and oxygen atoms in total. The molecular formula is C12H12ClF3N2O3. The first-order valence-electron chi connectivity index (χ1n) is 5.72. The average molecular weight is 325 g/mol. The van der Waals surface area contributed by atoms with Crippen molar-refractivity contribution in [1.29, 1.82) is 0 Å². The zero-order valence-electron chi connectivity index (χ0n) is 10.9. The molecule has 0 heterocycles. The lowest BCUT2D eigenvalue weighted by Crippen LogP contribution is -2.34. The van der Waals surface area contributed by atoms with Gasteiger partial charge in [0.2, 0.25) is 0 Å². The summed E-state index contributed by atoms with van der Waals surface area (Å²) in [5, 5.41) is 11.4. The Labute approximate surface area is 123 Å². The molecule has 2 N–H and O–H groups in total. The molecule has 0 unspecified atom stereocenters. The van der Waals surface area contributed by atoms with Crippen LogP contribution in [-0.4, -0.2) is 41.8 Å². The summed E-state index contributed by atoms with van der Waals surface area (Å²) in [7, 11) is 1.18. The number of alkyl halides is 3. The second-order valence-electron chi connectivity index (χ2n) is 4.21. The third-order valence-electron chi connectivity index (χ3n) is 2.53. The molecule has 0 aliphatic rings. The third-order valence-corrected chi connectivity index (χ3v) is 2.77. The minimum absolute atomic E-state index is 0.0456. The maximum Gasteiger partial charge on any atom is 0.390 e. The van der Waals surface area contributed by atoms with Gasteiger partial charge >= 0.3 is 18.2 Å². The van der Waals surface area contributed by atoms with Crippen LogP contribution in [0.5, 0.6) is 0 Å². The number of anilines is 1. The molecule has 0 saturated carbocycles. The summed E-state index contributed by atoms with van der Waals surface area (Å²) >= 11 is 5.65. The van der Waals surface area contributed by atoms with E-state index < -0.39 is 31.1 Å². The van der Waals surface area contributed by atoms with E-state index in [1.807, 2.05) is 0 Å². The molecule has 1 aromatic carbocycles. The number of rotatable bonds is 4. The largest absolute Gasteiger partial charge is 0.478 e. The zero-order valence-corrected chi connectivity index (χ0v) is 11.6. The molecule has 0 bridgehead atoms. The Balaban J connectivity index is 2.77. The Bertz CT molecular complexity index is 549. The molecule has 0 aliphatic carbocycles. The summed E-state index contributed by atoms with van der Waals surface area (Å²) in [5.41, 5.74) is -0.296. The first-order valence-corrected chi connectivity index (χ1v) is 6.09. The fraction of sp³-hybridized carbons (Fsp3) is 0.333. The summed E-state index contributed by atoms with van der Waals surface area (Å²) in [6.07, 6.45) is -5.52. The van der Waals surface area contributed by atoms with Crippen LogP contribution in [0.4, 0.5) is 23.7 Å². The summed E-state index contributed by atoms with van der Waals surface area (Å²) in [5.74, 6) is -1.31. The topological polar surface area (TPSA) is 69.6 Å². The molecule has 0 atom stereocenters. The van der Waals surface area contributed by atoms with E-state index in [-0.39, 0.29) is 16.3 Å². The number of carbonyl (C=O) groups is 2. The number of amides is 2. The van der Waals surface area contributed by atoms with Gasteiger partial charge in [-0.15, -0.1) is 0 Å². The van der Waals surface area contributed by atoms with Crippen molar-refractivity contribution in [1.82, 2.24) is 4.90 Å². The van der Waals surface area contributed by atoms with Gasteiger partial charge in [-0.05, 0) is 18.2 Å². The third kappa shape index (κ3) is 5.50. The highest BCUT2D eigenvalue weighted by molar-refractivity contribution is 6.31. The number of hydrogen-bond acceptors (Lipinski definition) is 2. The Morgan fingerprint density at radius 1 is 1.38 bits per heavy atom. The van der Waals surface area contributed by atoms with Gasteiger partial charge in [0, 0.05) is 18.6 Å². The number of urea groups is 1. The molecule has 1 aromatic rings. The maximum atomic E-state index is 12.1. The number of halogens is 4. The van der Waals surface area contributed by atoms with Crippen LogP contribution in [0.15, 0.2) is 18.2 Å². The highest BCUT2D eigenvalue weighted by Gasteiger charge is 2.28. The quantitative estimate of drug-likeness (QED) is 0.891. The molecule has 116 valence electrons. The predicted octanol–water partition coefficient (Wildman–Crippen LogP) is 3.45. The molecule has 21 heavy (non-hydrogen) atoms. The smallest absolute Gasteiger partial charge is 0.390 e. The second-order valence-corrected chi connectivity index (χ2v) is 4.65. The lowest BCUT2D eigenvalue weighted by molar-refractivity contribution is -0.135. The van der Waals surface area contributed by atoms with Crippen LogP contribution >= 0.6 is 11.6 Å². The molecule has 9 heteroatoms. The minimum atomic E-state index is -4.37. The molecule has 2 amide bonds. The van der Waals surface area contributed by atoms with E-state index in [4.69, 9.17) is 16.7 Å². The van der Waals surface area contributed by atoms with Gasteiger partial charge in [0.05, 0.1) is 17.7 Å². The number of benzene rings is 1. The van der Waals surface area contributed by atoms with Crippen molar-refractivity contribution < 1.29 is 27.9 Å². The van der Waals surface area contributed by atoms with Gasteiger partial charge < -0.3 is 15.3 Å². The SMILES string of the molecule is CN(CCC(F)(F)F)C(=O)Nc1ccc(Cl)cc1C(=O)O. The van der Waals surface area contributed by atoms with Crippen molar-refractivity contribution in [2.45, 2.75) is 12.6 Å². The lowest BCUT2D eigenvalue weighted by atomic mass is 10.2. The molecule has 0 aliphatic heterocycles. The first kappa shape index (κ1) is 17.1. The highest BCUT2D eigenvalue weighted by atomic mass is 35.5. The van der Waals surface area contributed by atoms with E-state index in [0.717, 1.165) is 11.0 Å². The van der Waals surface area contributed by atoms with Crippen LogP contribution in [0.2, 0.25) is 5.02 Å². The van der Waals surface area contributed by atoms with E-state index in [2.05, 4.69) is 5.32 Å². The molecule has 0 spiro atoms. The van der Waals surface area contributed by atoms with E-state index in [9.17, 15) is 22.8 Å². The van der Waals surface area contributed by atoms with Crippen molar-refractivity contribution in [2.24, 2.45) is 0 Å². The lowest BCUT2D eigenvalue weighted by Gasteiger charge is -2.19. The molecule has 0 radical (unpaired) electrons. The standard InChI is InChI=1S/C12H12ClF3N2O3/c1-18(5-4-12(14,15)16)11(21)17-9-3-2-7(13)6-8(9)10(19)20/h2-3,6H,4-5H2,1H3,(H,17,21)(H,19,20). The van der Waals surface area contributed by atoms with Gasteiger partial charge in [0.1, 0.15) is 0 Å². The fourth-order valence-electron chi connectivity index (χ4n) is 1.41. The van der Waals surface area contributed by atoms with Gasteiger partial charge in [-0.25, -0.2) is 9.59 Å². The first-order chi connectivity index (χ1) is 9.60. The number of aromatic carboxylic acids is 1. The molecule has 1 rings (SSSR count). The maximum absolute atomic E-state index is 12.1. The van der Waals surface area contributed by atoms with Crippen LogP contribution in [0.3, 0.4) is 0 Å². The van der Waals surface area contributed by atoms with Gasteiger partial charge in [0.25, 0.3) is 0 Å². The van der Waals surface area contributed by atoms with Crippen molar-refractivity contribution >= 4 is 29.3 Å². The van der Waals surface area contributed by atoms with Crippen molar-refractivity contribution in [3.8, 4) is 0 Å². The number of nitrogens with zero attached hydrogens (tertiary/aromatic N) is 1. The molecule has 0 aromatic heterocycles. The van der Waals surface area contributed by atoms with Gasteiger partial charge in [-0.3, -0.25) is 0 Å². The number of hydrogen-bond donors (Lipinski definition) is 2. The number of nitrogens with one attached hydrogen (secondary N) is 1. The van der Waals surface area contributed by atoms with Gasteiger partial charge in [0.15, 0.2) is 0 Å². The monoisotopic (exact) mass is 324 g/mol. The number of carboxylic acid groups (broad SMARTS) is 1. The van der Waals surface area contributed by atoms with E-state index in [0.29, 0.717) is 0 Å². The normalized spacial score (nSPS) is 11.1. The summed E-state index contributed by atoms with van der Waals surface area (Å²) < 4.78 is 36.2. The summed E-state index contributed by atoms with van der Waals surface area (Å²) in [6.45, 7) is -0.536. The highest BCUT2D eigenvalue weighted by Crippen LogP contribution is 2.22. The van der Waals surface area contributed by atoms with E-state index >= 15 is 0 Å². The van der Waals surface area contributed by atoms with E-state index in [1.165, 1.54) is 19.2 Å². The Kier molecular flexibility index (Phi) is 5.42. The Morgan fingerprint density at radius 2 is 2.00 bits per heavy atom. The summed E-state index contributed by atoms with van der Waals surface area (Å²) in [4.78, 5) is 23.5. The fourth-order valence-corrected chi connectivity index (χ4v) is 1.58. The van der Waals surface area contributed by atoms with Gasteiger partial charge in [-0.2, -0.15) is 13.2 Å². The van der Waals surface area contributed by atoms with Crippen LogP contribution in [-0.2, 0) is 0 Å². The van der Waals surface area contributed by atoms with Crippen LogP contribution in [0.1, 0.15) is 16.8 Å². The van der Waals surface area contributed by atoms with Crippen molar-refractivity contribution in [2.75, 3.05) is 18.9 Å². The van der Waals surface area contributed by atoms with Crippen LogP contribution < -0.4 is 5.32 Å². The Hall–Kier alpha value is -1.96. The number of carbonyl (C=O) groups excluding carboxylic acids is 1. The minimum Gasteiger partial charge on any atom is -0.478 e. The second kappa shape index (κ2) is 6.66.